The van der Waals surface area contributed by atoms with Crippen molar-refractivity contribution in [2.45, 2.75) is 32.1 Å². The van der Waals surface area contributed by atoms with E-state index >= 15 is 0 Å². The van der Waals surface area contributed by atoms with Gasteiger partial charge in [-0.05, 0) is 38.2 Å². The first kappa shape index (κ1) is 17.1. The lowest BCUT2D eigenvalue weighted by Gasteiger charge is -2.23. The first-order valence-corrected chi connectivity index (χ1v) is 8.77. The fourth-order valence-electron chi connectivity index (χ4n) is 2.20. The molecule has 0 aliphatic carbocycles. The van der Waals surface area contributed by atoms with E-state index in [2.05, 4.69) is 18.7 Å². The van der Waals surface area contributed by atoms with Crippen molar-refractivity contribution in [3.8, 4) is 0 Å². The van der Waals surface area contributed by atoms with Crippen molar-refractivity contribution in [3.63, 3.8) is 0 Å². The minimum absolute atomic E-state index is 0.379. The third kappa shape index (κ3) is 4.58. The van der Waals surface area contributed by atoms with Crippen molar-refractivity contribution in [2.75, 3.05) is 32.7 Å². The Hall–Kier alpha value is -0.910. The first-order valence-electron chi connectivity index (χ1n) is 7.33. The Morgan fingerprint density at radius 1 is 0.900 bits per heavy atom. The number of nitrogens with zero attached hydrogens (tertiary/aromatic N) is 2. The summed E-state index contributed by atoms with van der Waals surface area (Å²) >= 11 is 0. The molecule has 0 fully saturated rings. The highest BCUT2D eigenvalue weighted by Gasteiger charge is 2.22. The molecule has 1 aromatic carbocycles. The van der Waals surface area contributed by atoms with Gasteiger partial charge >= 0.3 is 0 Å². The van der Waals surface area contributed by atoms with Crippen LogP contribution in [0.3, 0.4) is 0 Å². The summed E-state index contributed by atoms with van der Waals surface area (Å²) in [6, 6.07) is 8.66. The van der Waals surface area contributed by atoms with Gasteiger partial charge in [0.1, 0.15) is 0 Å². The monoisotopic (exact) mass is 298 g/mol. The molecule has 0 N–H and O–H groups in total. The van der Waals surface area contributed by atoms with E-state index in [-0.39, 0.29) is 0 Å². The molecule has 1 aromatic rings. The van der Waals surface area contributed by atoms with E-state index in [9.17, 15) is 8.42 Å². The maximum atomic E-state index is 12.5. The summed E-state index contributed by atoms with van der Waals surface area (Å²) in [7, 11) is -3.35. The molecule has 0 heterocycles. The van der Waals surface area contributed by atoms with Gasteiger partial charge in [-0.1, -0.05) is 39.0 Å². The number of benzene rings is 1. The smallest absolute Gasteiger partial charge is 0.243 e. The molecule has 114 valence electrons. The van der Waals surface area contributed by atoms with E-state index in [0.29, 0.717) is 18.0 Å². The molecule has 0 radical (unpaired) electrons. The second kappa shape index (κ2) is 8.39. The van der Waals surface area contributed by atoms with Crippen LogP contribution in [0, 0.1) is 0 Å². The van der Waals surface area contributed by atoms with E-state index in [4.69, 9.17) is 0 Å². The average Bonchev–Trinajstić information content (AvgIpc) is 2.48. The Labute approximate surface area is 123 Å². The summed E-state index contributed by atoms with van der Waals surface area (Å²) < 4.78 is 26.5. The zero-order valence-corrected chi connectivity index (χ0v) is 13.6. The van der Waals surface area contributed by atoms with Crippen molar-refractivity contribution < 1.29 is 8.42 Å². The fourth-order valence-corrected chi connectivity index (χ4v) is 3.71. The van der Waals surface area contributed by atoms with Crippen LogP contribution in [0.2, 0.25) is 0 Å². The van der Waals surface area contributed by atoms with Crippen LogP contribution in [0.4, 0.5) is 0 Å². The fraction of sp³-hybridized carbons (Fsp3) is 0.600. The Kier molecular flexibility index (Phi) is 7.19. The van der Waals surface area contributed by atoms with Crippen molar-refractivity contribution in [1.82, 2.24) is 9.21 Å². The number of sulfonamides is 1. The molecule has 0 unspecified atom stereocenters. The molecule has 5 heteroatoms. The molecule has 0 aromatic heterocycles. The van der Waals surface area contributed by atoms with Gasteiger partial charge in [-0.2, -0.15) is 4.31 Å². The molecule has 0 bridgehead atoms. The normalized spacial score (nSPS) is 12.2. The largest absolute Gasteiger partial charge is 0.304 e. The predicted octanol–water partition coefficient (Wildman–Crippen LogP) is 2.43. The van der Waals surface area contributed by atoms with Gasteiger partial charge in [0.15, 0.2) is 0 Å². The standard InChI is InChI=1S/C15H26N2O2S/c1-4-16(5-2)13-10-14-17(6-3)20(18,19)15-11-8-7-9-12-15/h7-9,11-12H,4-6,10,13-14H2,1-3H3. The van der Waals surface area contributed by atoms with Gasteiger partial charge in [-0.3, -0.25) is 0 Å². The van der Waals surface area contributed by atoms with Gasteiger partial charge in [0.05, 0.1) is 4.90 Å². The van der Waals surface area contributed by atoms with Crippen LogP contribution in [0.1, 0.15) is 27.2 Å². The van der Waals surface area contributed by atoms with Gasteiger partial charge in [-0.15, -0.1) is 0 Å². The maximum absolute atomic E-state index is 12.5. The van der Waals surface area contributed by atoms with Crippen LogP contribution >= 0.6 is 0 Å². The second-order valence-corrected chi connectivity index (χ2v) is 6.63. The Bertz CT molecular complexity index is 470. The highest BCUT2D eigenvalue weighted by Crippen LogP contribution is 2.15. The Morgan fingerprint density at radius 2 is 1.50 bits per heavy atom. The van der Waals surface area contributed by atoms with Crippen LogP contribution in [0.25, 0.3) is 0 Å². The van der Waals surface area contributed by atoms with Crippen LogP contribution in [-0.4, -0.2) is 50.3 Å². The summed E-state index contributed by atoms with van der Waals surface area (Å²) in [4.78, 5) is 2.69. The Balaban J connectivity index is 2.66. The van der Waals surface area contributed by atoms with E-state index < -0.39 is 10.0 Å². The molecule has 0 saturated heterocycles. The molecule has 0 atom stereocenters. The van der Waals surface area contributed by atoms with Crippen LogP contribution in [0.5, 0.6) is 0 Å². The summed E-state index contributed by atoms with van der Waals surface area (Å²) in [5, 5.41) is 0. The highest BCUT2D eigenvalue weighted by molar-refractivity contribution is 7.89. The van der Waals surface area contributed by atoms with Crippen LogP contribution in [0.15, 0.2) is 35.2 Å². The molecule has 20 heavy (non-hydrogen) atoms. The van der Waals surface area contributed by atoms with E-state index in [1.54, 1.807) is 28.6 Å². The minimum atomic E-state index is -3.35. The molecular weight excluding hydrogens is 272 g/mol. The third-order valence-corrected chi connectivity index (χ3v) is 5.50. The van der Waals surface area contributed by atoms with Crippen molar-refractivity contribution in [3.05, 3.63) is 30.3 Å². The lowest BCUT2D eigenvalue weighted by atomic mass is 10.3. The Morgan fingerprint density at radius 3 is 2.00 bits per heavy atom. The third-order valence-electron chi connectivity index (χ3n) is 3.51. The zero-order chi connectivity index (χ0) is 15.0. The quantitative estimate of drug-likeness (QED) is 0.703. The molecule has 0 aliphatic rings. The SMILES string of the molecule is CCN(CC)CCCN(CC)S(=O)(=O)c1ccccc1. The molecule has 0 amide bonds. The van der Waals surface area contributed by atoms with E-state index in [1.165, 1.54) is 0 Å². The molecule has 0 aliphatic heterocycles. The predicted molar refractivity (Wildman–Crippen MR) is 83.3 cm³/mol. The summed E-state index contributed by atoms with van der Waals surface area (Å²) in [6.45, 7) is 10.2. The van der Waals surface area contributed by atoms with Crippen LogP contribution in [-0.2, 0) is 10.0 Å². The lowest BCUT2D eigenvalue weighted by Crippen LogP contribution is -2.34. The van der Waals surface area contributed by atoms with Gasteiger partial charge in [0.2, 0.25) is 10.0 Å². The number of rotatable bonds is 9. The van der Waals surface area contributed by atoms with Gasteiger partial charge in [0.25, 0.3) is 0 Å². The molecule has 1 rings (SSSR count). The summed E-state index contributed by atoms with van der Waals surface area (Å²) in [5.41, 5.74) is 0. The van der Waals surface area contributed by atoms with Crippen molar-refractivity contribution >= 4 is 10.0 Å². The van der Waals surface area contributed by atoms with Crippen molar-refractivity contribution in [2.24, 2.45) is 0 Å². The minimum Gasteiger partial charge on any atom is -0.304 e. The molecule has 4 nitrogen and oxygen atoms in total. The summed E-state index contributed by atoms with van der Waals surface area (Å²) in [5.74, 6) is 0. The first-order chi connectivity index (χ1) is 9.56. The maximum Gasteiger partial charge on any atom is 0.243 e. The van der Waals surface area contributed by atoms with Gasteiger partial charge < -0.3 is 4.90 Å². The van der Waals surface area contributed by atoms with Gasteiger partial charge in [-0.25, -0.2) is 8.42 Å². The topological polar surface area (TPSA) is 40.6 Å². The zero-order valence-electron chi connectivity index (χ0n) is 12.7. The second-order valence-electron chi connectivity index (χ2n) is 4.69. The molecule has 0 saturated carbocycles. The van der Waals surface area contributed by atoms with E-state index in [1.807, 2.05) is 13.0 Å². The highest BCUT2D eigenvalue weighted by atomic mass is 32.2. The molecular formula is C15H26N2O2S. The molecule has 0 spiro atoms. The average molecular weight is 298 g/mol. The number of hydrogen-bond donors (Lipinski definition) is 0. The lowest BCUT2D eigenvalue weighted by molar-refractivity contribution is 0.285. The van der Waals surface area contributed by atoms with E-state index in [0.717, 1.165) is 26.1 Å². The van der Waals surface area contributed by atoms with Crippen LogP contribution < -0.4 is 0 Å². The van der Waals surface area contributed by atoms with Crippen molar-refractivity contribution in [1.29, 1.82) is 0 Å². The summed E-state index contributed by atoms with van der Waals surface area (Å²) in [6.07, 6.45) is 0.863. The van der Waals surface area contributed by atoms with Gasteiger partial charge in [0, 0.05) is 13.1 Å². The number of hydrogen-bond acceptors (Lipinski definition) is 3.